The minimum atomic E-state index is -1.92. The molecular formula is C39H50BrNO11. The van der Waals surface area contributed by atoms with Gasteiger partial charge in [-0.2, -0.15) is 0 Å². The van der Waals surface area contributed by atoms with Crippen LogP contribution in [0.5, 0.6) is 0 Å². The van der Waals surface area contributed by atoms with Crippen molar-refractivity contribution in [1.29, 1.82) is 0 Å². The topological polar surface area (TPSA) is 150 Å². The second kappa shape index (κ2) is 12.2. The van der Waals surface area contributed by atoms with E-state index in [1.165, 1.54) is 0 Å². The van der Waals surface area contributed by atoms with Gasteiger partial charge in [0.15, 0.2) is 17.5 Å². The Bertz CT molecular complexity index is 1640. The Morgan fingerprint density at radius 2 is 1.79 bits per heavy atom. The molecule has 7 aliphatic heterocycles. The van der Waals surface area contributed by atoms with Crippen LogP contribution in [0.4, 0.5) is 10.5 Å². The fourth-order valence-corrected chi connectivity index (χ4v) is 10.6. The van der Waals surface area contributed by atoms with E-state index in [1.54, 1.807) is 31.2 Å². The molecule has 1 aromatic rings. The first-order chi connectivity index (χ1) is 24.7. The van der Waals surface area contributed by atoms with E-state index in [0.717, 1.165) is 23.7 Å². The third-order valence-corrected chi connectivity index (χ3v) is 13.9. The summed E-state index contributed by atoms with van der Waals surface area (Å²) in [5, 5.41) is 15.8. The Morgan fingerprint density at radius 3 is 2.56 bits per heavy atom. The number of benzene rings is 1. The van der Waals surface area contributed by atoms with Crippen LogP contribution >= 0.6 is 15.9 Å². The van der Waals surface area contributed by atoms with Crippen molar-refractivity contribution in [2.75, 3.05) is 11.9 Å². The van der Waals surface area contributed by atoms with Gasteiger partial charge in [0.2, 0.25) is 0 Å². The molecule has 0 aromatic heterocycles. The lowest BCUT2D eigenvalue weighted by molar-refractivity contribution is -0.336. The molecule has 13 heteroatoms. The Balaban J connectivity index is 1.04. The van der Waals surface area contributed by atoms with Gasteiger partial charge in [0.05, 0.1) is 30.5 Å². The molecule has 2 N–H and O–H groups in total. The number of carbonyl (C=O) groups excluding carboxylic acids is 2. The number of fused-ring (bicyclic) bond motifs is 5. The van der Waals surface area contributed by atoms with Gasteiger partial charge in [-0.3, -0.25) is 10.1 Å². The maximum Gasteiger partial charge on any atom is 0.412 e. The largest absolute Gasteiger partial charge is 0.462 e. The summed E-state index contributed by atoms with van der Waals surface area (Å²) in [5.41, 5.74) is -4.06. The number of rotatable bonds is 3. The van der Waals surface area contributed by atoms with Gasteiger partial charge in [-0.05, 0) is 69.2 Å². The van der Waals surface area contributed by atoms with E-state index in [4.69, 9.17) is 37.9 Å². The van der Waals surface area contributed by atoms with Crippen LogP contribution in [0.25, 0.3) is 0 Å². The molecule has 16 atom stereocenters. The van der Waals surface area contributed by atoms with E-state index in [-0.39, 0.29) is 36.4 Å². The van der Waals surface area contributed by atoms with E-state index in [0.29, 0.717) is 37.3 Å². The smallest absolute Gasteiger partial charge is 0.412 e. The molecule has 8 aliphatic rings. The lowest BCUT2D eigenvalue weighted by atomic mass is 9.63. The molecule has 9 rings (SSSR count). The third kappa shape index (κ3) is 5.62. The molecule has 1 aliphatic carbocycles. The molecule has 1 saturated carbocycles. The van der Waals surface area contributed by atoms with E-state index in [1.807, 2.05) is 6.08 Å². The molecule has 1 amide bonds. The summed E-state index contributed by atoms with van der Waals surface area (Å²) in [4.78, 5) is 28.0. The quantitative estimate of drug-likeness (QED) is 0.225. The first kappa shape index (κ1) is 35.6. The van der Waals surface area contributed by atoms with E-state index in [2.05, 4.69) is 55.0 Å². The molecule has 2 bridgehead atoms. The van der Waals surface area contributed by atoms with Crippen molar-refractivity contribution in [3.63, 3.8) is 0 Å². The van der Waals surface area contributed by atoms with Crippen molar-refractivity contribution in [2.45, 2.75) is 157 Å². The molecule has 2 spiro atoms. The summed E-state index contributed by atoms with van der Waals surface area (Å²) in [6.07, 6.45) is 3.95. The minimum Gasteiger partial charge on any atom is -0.462 e. The van der Waals surface area contributed by atoms with Crippen molar-refractivity contribution >= 4 is 33.7 Å². The van der Waals surface area contributed by atoms with Gasteiger partial charge in [0.25, 0.3) is 0 Å². The number of aliphatic hydroxyl groups is 1. The van der Waals surface area contributed by atoms with Crippen LogP contribution in [0.1, 0.15) is 79.6 Å². The standard InChI is InChI=1S/C39H50BrNO11/c1-6-26-21(3)13-14-37(49-26)18-25-15-24(48-37)16-28-35(4,50-28)17-20(2)7-12-27-38(51-27)19-45-32-31(47-34(43)41-23-10-8-22(40)9-11-23)36(5)30(52-36)29(33(42)46-25)39(32,38)44/h7-12,20-21,24-32,44H,6,13-19H2,1-5H3,(H,41,43)/b12-7-/t20-,21-,24-,25-,26+,27-,28-,29-,30+,31-,32+,35-,36+,37+,38+,39+/m0/s1. The lowest BCUT2D eigenvalue weighted by Gasteiger charge is -2.50. The number of nitrogens with one attached hydrogen (secondary N) is 1. The first-order valence-electron chi connectivity index (χ1n) is 19.1. The van der Waals surface area contributed by atoms with Crippen molar-refractivity contribution in [2.24, 2.45) is 17.8 Å². The molecule has 6 saturated heterocycles. The van der Waals surface area contributed by atoms with Crippen LogP contribution < -0.4 is 5.32 Å². The number of halogens is 1. The highest BCUT2D eigenvalue weighted by atomic mass is 79.9. The van der Waals surface area contributed by atoms with Crippen LogP contribution in [0.3, 0.4) is 0 Å². The Hall–Kier alpha value is -2.10. The normalized spacial score (nSPS) is 52.2. The molecule has 284 valence electrons. The van der Waals surface area contributed by atoms with E-state index >= 15 is 0 Å². The Morgan fingerprint density at radius 1 is 1.00 bits per heavy atom. The Labute approximate surface area is 312 Å². The average Bonchev–Trinajstić information content (AvgIpc) is 4.03. The number of hydrogen-bond acceptors (Lipinski definition) is 11. The molecule has 7 heterocycles. The zero-order chi connectivity index (χ0) is 36.4. The number of hydrogen-bond donors (Lipinski definition) is 2. The summed E-state index contributed by atoms with van der Waals surface area (Å²) < 4.78 is 52.3. The molecule has 1 aromatic carbocycles. The summed E-state index contributed by atoms with van der Waals surface area (Å²) in [7, 11) is 0. The maximum absolute atomic E-state index is 14.7. The van der Waals surface area contributed by atoms with Crippen molar-refractivity contribution in [3.05, 3.63) is 40.9 Å². The first-order valence-corrected chi connectivity index (χ1v) is 19.9. The highest BCUT2D eigenvalue weighted by Gasteiger charge is 2.88. The second-order valence-electron chi connectivity index (χ2n) is 17.1. The molecule has 52 heavy (non-hydrogen) atoms. The summed E-state index contributed by atoms with van der Waals surface area (Å²) in [5.74, 6) is -2.09. The lowest BCUT2D eigenvalue weighted by Crippen LogP contribution is -2.69. The number of anilines is 1. The molecule has 0 unspecified atom stereocenters. The van der Waals surface area contributed by atoms with Crippen molar-refractivity contribution in [1.82, 2.24) is 0 Å². The van der Waals surface area contributed by atoms with E-state index < -0.39 is 71.1 Å². The van der Waals surface area contributed by atoms with Crippen LogP contribution in [-0.4, -0.2) is 101 Å². The predicted octanol–water partition coefficient (Wildman–Crippen LogP) is 5.58. The average molecular weight is 789 g/mol. The van der Waals surface area contributed by atoms with Gasteiger partial charge in [-0.1, -0.05) is 48.9 Å². The number of epoxide rings is 3. The minimum absolute atomic E-state index is 0.00805. The number of carbonyl (C=O) groups is 2. The SMILES string of the molecule is CC[C@H]1O[C@]2(CC[C@@H]1C)C[C@@H]1C[C@@H](C[C@@H]3O[C@@]3(C)C[C@@H](C)/C=C\[C@@H]3O[C@]34CO[C@@H]3[C@H](OC(=O)Nc5ccc(Br)cc5)[C@]5(C)O[C@@H]5[C@@H](C(=O)O1)[C@@]34O)O2. The predicted molar refractivity (Wildman–Crippen MR) is 188 cm³/mol. The van der Waals surface area contributed by atoms with Crippen LogP contribution in [-0.2, 0) is 42.7 Å². The monoisotopic (exact) mass is 787 g/mol. The number of esters is 1. The number of ether oxygens (including phenoxy) is 8. The van der Waals surface area contributed by atoms with Gasteiger partial charge >= 0.3 is 12.1 Å². The van der Waals surface area contributed by atoms with Crippen molar-refractivity contribution in [3.8, 4) is 0 Å². The molecule has 12 nitrogen and oxygen atoms in total. The fraction of sp³-hybridized carbons (Fsp3) is 0.744. The van der Waals surface area contributed by atoms with Crippen LogP contribution in [0, 0.1) is 17.8 Å². The van der Waals surface area contributed by atoms with E-state index in [9.17, 15) is 14.7 Å². The molecule has 0 radical (unpaired) electrons. The zero-order valence-electron chi connectivity index (χ0n) is 30.4. The van der Waals surface area contributed by atoms with Crippen molar-refractivity contribution < 1.29 is 52.6 Å². The van der Waals surface area contributed by atoms with Crippen LogP contribution in [0.2, 0.25) is 0 Å². The van der Waals surface area contributed by atoms with Crippen LogP contribution in [0.15, 0.2) is 40.9 Å². The van der Waals surface area contributed by atoms with Gasteiger partial charge < -0.3 is 43.0 Å². The van der Waals surface area contributed by atoms with Gasteiger partial charge in [0, 0.05) is 35.8 Å². The Kier molecular flexibility index (Phi) is 8.35. The second-order valence-corrected chi connectivity index (χ2v) is 18.0. The summed E-state index contributed by atoms with van der Waals surface area (Å²) >= 11 is 3.41. The maximum atomic E-state index is 14.7. The summed E-state index contributed by atoms with van der Waals surface area (Å²) in [6.45, 7) is 10.4. The highest BCUT2D eigenvalue weighted by molar-refractivity contribution is 9.10. The third-order valence-electron chi connectivity index (χ3n) is 13.4. The molecule has 7 fully saturated rings. The van der Waals surface area contributed by atoms with Gasteiger partial charge in [-0.25, -0.2) is 4.79 Å². The number of allylic oxidation sites excluding steroid dienone is 1. The van der Waals surface area contributed by atoms with Gasteiger partial charge in [-0.15, -0.1) is 0 Å². The zero-order valence-corrected chi connectivity index (χ0v) is 32.0. The van der Waals surface area contributed by atoms with Gasteiger partial charge in [0.1, 0.15) is 41.5 Å². The summed E-state index contributed by atoms with van der Waals surface area (Å²) in [6, 6.07) is 7.09. The fourth-order valence-electron chi connectivity index (χ4n) is 10.4. The number of amides is 1. The highest BCUT2D eigenvalue weighted by Crippen LogP contribution is 2.66. The molecular weight excluding hydrogens is 738 g/mol.